The van der Waals surface area contributed by atoms with Crippen LogP contribution >= 0.6 is 0 Å². The molecule has 4 rings (SSSR count). The molecule has 0 aliphatic heterocycles. The van der Waals surface area contributed by atoms with Crippen molar-refractivity contribution in [1.82, 2.24) is 19.9 Å². The van der Waals surface area contributed by atoms with Gasteiger partial charge >= 0.3 is 18.5 Å². The van der Waals surface area contributed by atoms with Gasteiger partial charge in [-0.1, -0.05) is 0 Å². The Hall–Kier alpha value is -5.36. The van der Waals surface area contributed by atoms with Crippen LogP contribution < -0.4 is 24.4 Å². The molecule has 280 valence electrons. The first-order valence-electron chi connectivity index (χ1n) is 15.3. The zero-order valence-electron chi connectivity index (χ0n) is 27.4. The number of aliphatic carboxylic acids is 1. The van der Waals surface area contributed by atoms with Crippen molar-refractivity contribution >= 4 is 17.7 Å². The van der Waals surface area contributed by atoms with Crippen molar-refractivity contribution in [3.05, 3.63) is 89.0 Å². The third-order valence-electron chi connectivity index (χ3n) is 7.28. The van der Waals surface area contributed by atoms with E-state index >= 15 is 0 Å². The topological polar surface area (TPSA) is 117 Å². The van der Waals surface area contributed by atoms with Gasteiger partial charge in [-0.2, -0.15) is 39.5 Å². The molecule has 19 heteroatoms. The highest BCUT2D eigenvalue weighted by molar-refractivity contribution is 5.64. The number of anilines is 2. The molecule has 52 heavy (non-hydrogen) atoms. The van der Waals surface area contributed by atoms with E-state index in [-0.39, 0.29) is 85.9 Å². The van der Waals surface area contributed by atoms with Crippen LogP contribution in [0.3, 0.4) is 0 Å². The van der Waals surface area contributed by atoms with Gasteiger partial charge in [-0.05, 0) is 67.6 Å². The Balaban J connectivity index is 1.67. The molecule has 0 bridgehead atoms. The van der Waals surface area contributed by atoms with Gasteiger partial charge in [-0.3, -0.25) is 0 Å². The second-order valence-corrected chi connectivity index (χ2v) is 11.5. The summed E-state index contributed by atoms with van der Waals surface area (Å²) in [7, 11) is 3.39. The van der Waals surface area contributed by atoms with Crippen LogP contribution in [0.5, 0.6) is 17.4 Å². The summed E-state index contributed by atoms with van der Waals surface area (Å²) in [5.41, 5.74) is -4.31. The van der Waals surface area contributed by atoms with Crippen LogP contribution in [0.15, 0.2) is 61.2 Å². The molecule has 10 nitrogen and oxygen atoms in total. The molecule has 0 aliphatic carbocycles. The number of rotatable bonds is 15. The number of hydrogen-bond acceptors (Lipinski definition) is 10. The van der Waals surface area contributed by atoms with E-state index in [1.165, 1.54) is 29.7 Å². The lowest BCUT2D eigenvalue weighted by molar-refractivity contribution is -0.305. The Bertz CT molecular complexity index is 1790. The van der Waals surface area contributed by atoms with Crippen molar-refractivity contribution in [2.24, 2.45) is 0 Å². The standard InChI is InChI=1S/C33H31F9N6O4/c1-47(2)27-15-28(46-19-45-27)52-26-8-7-22(31(34,35)36)13-21(26)18-48(30-43-16-25(17-44-30)51-10-4-6-29(49)50)9-3-5-20-11-23(32(37,38)39)14-24(12-20)33(40,41)42/h7-8,11-17,19H,3-6,9-10,18H2,1-2H3,(H,49,50)/p-1. The van der Waals surface area contributed by atoms with Crippen LogP contribution in [-0.4, -0.2) is 53.2 Å². The number of nitrogens with zero attached hydrogens (tertiary/aromatic N) is 6. The van der Waals surface area contributed by atoms with Crippen molar-refractivity contribution in [1.29, 1.82) is 0 Å². The number of halogens is 9. The van der Waals surface area contributed by atoms with E-state index in [1.807, 2.05) is 0 Å². The molecule has 0 N–H and O–H groups in total. The Kier molecular flexibility index (Phi) is 12.4. The minimum Gasteiger partial charge on any atom is -0.550 e. The van der Waals surface area contributed by atoms with Crippen molar-refractivity contribution in [3.63, 3.8) is 0 Å². The molecule has 0 amide bonds. The van der Waals surface area contributed by atoms with Gasteiger partial charge in [0.25, 0.3) is 0 Å². The predicted octanol–water partition coefficient (Wildman–Crippen LogP) is 6.73. The Morgan fingerprint density at radius 3 is 2.00 bits per heavy atom. The molecule has 0 aliphatic rings. The number of alkyl halides is 9. The minimum absolute atomic E-state index is 0.00675. The summed E-state index contributed by atoms with van der Waals surface area (Å²) in [6.07, 6.45) is -11.8. The number of hydrogen-bond donors (Lipinski definition) is 0. The maximum absolute atomic E-state index is 13.9. The molecule has 0 unspecified atom stereocenters. The Morgan fingerprint density at radius 2 is 1.42 bits per heavy atom. The number of carbonyl (C=O) groups is 1. The van der Waals surface area contributed by atoms with E-state index in [9.17, 15) is 49.4 Å². The summed E-state index contributed by atoms with van der Waals surface area (Å²) in [4.78, 5) is 30.1. The molecule has 2 heterocycles. The summed E-state index contributed by atoms with van der Waals surface area (Å²) >= 11 is 0. The number of ether oxygens (including phenoxy) is 2. The van der Waals surface area contributed by atoms with Gasteiger partial charge in [0.1, 0.15) is 17.9 Å². The molecule has 0 saturated carbocycles. The van der Waals surface area contributed by atoms with E-state index in [0.717, 1.165) is 18.2 Å². The molecule has 0 saturated heterocycles. The number of aryl methyl sites for hydroxylation is 1. The third kappa shape index (κ3) is 11.3. The van der Waals surface area contributed by atoms with E-state index in [0.29, 0.717) is 18.0 Å². The van der Waals surface area contributed by atoms with E-state index in [4.69, 9.17) is 9.47 Å². The molecule has 2 aromatic heterocycles. The second kappa shape index (κ2) is 16.3. The van der Waals surface area contributed by atoms with Crippen LogP contribution in [-0.2, 0) is 36.3 Å². The number of carbonyl (C=O) groups excluding carboxylic acids is 1. The van der Waals surface area contributed by atoms with Gasteiger partial charge in [0.2, 0.25) is 11.8 Å². The molecular formula is C33H30F9N6O4-. The van der Waals surface area contributed by atoms with E-state index < -0.39 is 41.2 Å². The van der Waals surface area contributed by atoms with Gasteiger partial charge in [0.15, 0.2) is 5.75 Å². The molecule has 2 aromatic carbocycles. The van der Waals surface area contributed by atoms with Gasteiger partial charge in [0.05, 0.1) is 35.7 Å². The monoisotopic (exact) mass is 745 g/mol. The average Bonchev–Trinajstić information content (AvgIpc) is 3.06. The van der Waals surface area contributed by atoms with Crippen molar-refractivity contribution in [2.45, 2.75) is 50.8 Å². The van der Waals surface area contributed by atoms with Crippen LogP contribution in [0, 0.1) is 0 Å². The summed E-state index contributed by atoms with van der Waals surface area (Å²) in [6.45, 7) is -0.550. The number of benzene rings is 2. The number of carboxylic acids is 1. The van der Waals surface area contributed by atoms with E-state index in [1.54, 1.807) is 19.0 Å². The fourth-order valence-corrected chi connectivity index (χ4v) is 4.77. The normalized spacial score (nSPS) is 12.1. The van der Waals surface area contributed by atoms with Gasteiger partial charge < -0.3 is 29.2 Å². The smallest absolute Gasteiger partial charge is 0.416 e. The van der Waals surface area contributed by atoms with E-state index in [2.05, 4.69) is 19.9 Å². The lowest BCUT2D eigenvalue weighted by Gasteiger charge is -2.25. The lowest BCUT2D eigenvalue weighted by atomic mass is 10.0. The predicted molar refractivity (Wildman–Crippen MR) is 165 cm³/mol. The van der Waals surface area contributed by atoms with Crippen molar-refractivity contribution in [3.8, 4) is 17.4 Å². The first-order valence-corrected chi connectivity index (χ1v) is 15.3. The van der Waals surface area contributed by atoms with Crippen molar-refractivity contribution in [2.75, 3.05) is 37.0 Å². The first-order chi connectivity index (χ1) is 24.3. The molecular weight excluding hydrogens is 715 g/mol. The number of carboxylic acid groups (broad SMARTS) is 1. The van der Waals surface area contributed by atoms with Gasteiger partial charge in [-0.25, -0.2) is 19.9 Å². The molecule has 0 spiro atoms. The van der Waals surface area contributed by atoms with Gasteiger partial charge in [-0.15, -0.1) is 0 Å². The third-order valence-corrected chi connectivity index (χ3v) is 7.28. The fraction of sp³-hybridized carbons (Fsp3) is 0.364. The molecule has 0 atom stereocenters. The van der Waals surface area contributed by atoms with Crippen molar-refractivity contribution < 1.29 is 58.9 Å². The Morgan fingerprint density at radius 1 is 0.788 bits per heavy atom. The summed E-state index contributed by atoms with van der Waals surface area (Å²) in [5, 5.41) is 10.6. The Labute approximate surface area is 290 Å². The van der Waals surface area contributed by atoms with Crippen LogP contribution in [0.4, 0.5) is 51.3 Å². The maximum atomic E-state index is 13.9. The highest BCUT2D eigenvalue weighted by Crippen LogP contribution is 2.38. The zero-order chi connectivity index (χ0) is 38.3. The molecule has 4 aromatic rings. The summed E-state index contributed by atoms with van der Waals surface area (Å²) < 4.78 is 134. The summed E-state index contributed by atoms with van der Waals surface area (Å²) in [5.74, 6) is -0.869. The van der Waals surface area contributed by atoms with Crippen LogP contribution in [0.1, 0.15) is 47.1 Å². The quantitative estimate of drug-likeness (QED) is 0.0959. The second-order valence-electron chi connectivity index (χ2n) is 11.5. The largest absolute Gasteiger partial charge is 0.550 e. The molecule has 0 radical (unpaired) electrons. The van der Waals surface area contributed by atoms with Gasteiger partial charge in [0, 0.05) is 44.8 Å². The highest BCUT2D eigenvalue weighted by Gasteiger charge is 2.37. The van der Waals surface area contributed by atoms with Crippen LogP contribution in [0.2, 0.25) is 0 Å². The summed E-state index contributed by atoms with van der Waals surface area (Å²) in [6, 6.07) is 5.37. The average molecular weight is 746 g/mol. The lowest BCUT2D eigenvalue weighted by Crippen LogP contribution is -2.27. The maximum Gasteiger partial charge on any atom is 0.416 e. The number of aromatic nitrogens is 4. The SMILES string of the molecule is CN(C)c1cc(Oc2ccc(C(F)(F)F)cc2CN(CCCc2cc(C(F)(F)F)cc(C(F)(F)F)c2)c2ncc(OCCCC(=O)[O-])cn2)ncn1. The first kappa shape index (κ1) is 39.4. The van der Waals surface area contributed by atoms with Crippen LogP contribution in [0.25, 0.3) is 0 Å². The molecule has 0 fully saturated rings. The fourth-order valence-electron chi connectivity index (χ4n) is 4.77. The highest BCUT2D eigenvalue weighted by atomic mass is 19.4. The zero-order valence-corrected chi connectivity index (χ0v) is 27.4. The minimum atomic E-state index is -5.05.